The molecule has 1 fully saturated rings. The van der Waals surface area contributed by atoms with Crippen molar-refractivity contribution in [2.75, 3.05) is 19.6 Å². The van der Waals surface area contributed by atoms with Crippen LogP contribution in [0.2, 0.25) is 5.82 Å². The molecule has 192 valence electrons. The monoisotopic (exact) mass is 509 g/mol. The molecule has 4 amide bonds. The number of hydrogen-bond acceptors (Lipinski definition) is 9. The van der Waals surface area contributed by atoms with Gasteiger partial charge in [-0.25, -0.2) is 19.6 Å². The minimum absolute atomic E-state index is 0.0356. The second kappa shape index (κ2) is 10.7. The number of benzene rings is 1. The van der Waals surface area contributed by atoms with Crippen molar-refractivity contribution >= 4 is 36.7 Å². The number of hydrogen-bond donors (Lipinski definition) is 3. The number of nitrogens with one attached hydrogen (secondary N) is 1. The van der Waals surface area contributed by atoms with Crippen LogP contribution in [0.1, 0.15) is 41.1 Å². The van der Waals surface area contributed by atoms with Gasteiger partial charge in [0, 0.05) is 44.3 Å². The molecule has 2 atom stereocenters. The topological polar surface area (TPSA) is 179 Å². The Labute approximate surface area is 211 Å². The molecule has 0 saturated carbocycles. The fourth-order valence-electron chi connectivity index (χ4n) is 4.32. The molecule has 1 saturated heterocycles. The van der Waals surface area contributed by atoms with E-state index in [2.05, 4.69) is 15.3 Å². The minimum atomic E-state index is -1.48. The van der Waals surface area contributed by atoms with Crippen LogP contribution in [0.25, 0.3) is 0 Å². The molecule has 2 aromatic rings. The third-order valence-electron chi connectivity index (χ3n) is 6.28. The van der Waals surface area contributed by atoms with Crippen LogP contribution < -0.4 is 9.97 Å². The Balaban J connectivity index is 1.52. The number of imide groups is 1. The normalized spacial score (nSPS) is 18.1. The zero-order valence-corrected chi connectivity index (χ0v) is 19.9. The number of rotatable bonds is 7. The number of likely N-dealkylation sites (N-methyl/N-ethyl adjacent to an activating group) is 1. The van der Waals surface area contributed by atoms with Crippen molar-refractivity contribution in [1.82, 2.24) is 25.1 Å². The molecule has 0 aliphatic carbocycles. The highest BCUT2D eigenvalue weighted by atomic mass is 16.5. The highest BCUT2D eigenvalue weighted by Gasteiger charge is 2.41. The van der Waals surface area contributed by atoms with Crippen molar-refractivity contribution in [3.63, 3.8) is 0 Å². The molecule has 1 aromatic heterocycles. The van der Waals surface area contributed by atoms with Crippen molar-refractivity contribution in [3.8, 4) is 5.75 Å². The van der Waals surface area contributed by atoms with Gasteiger partial charge in [0.1, 0.15) is 11.8 Å². The van der Waals surface area contributed by atoms with E-state index in [0.29, 0.717) is 12.1 Å². The summed E-state index contributed by atoms with van der Waals surface area (Å²) in [6, 6.07) is 3.73. The molecule has 1 unspecified atom stereocenters. The summed E-state index contributed by atoms with van der Waals surface area (Å²) in [5.41, 5.74) is 0.406. The summed E-state index contributed by atoms with van der Waals surface area (Å²) in [6.45, 7) is 2.16. The second-order valence-electron chi connectivity index (χ2n) is 8.57. The van der Waals surface area contributed by atoms with E-state index in [1.54, 1.807) is 19.1 Å². The first-order valence-corrected chi connectivity index (χ1v) is 11.6. The van der Waals surface area contributed by atoms with Crippen molar-refractivity contribution < 1.29 is 38.8 Å². The van der Waals surface area contributed by atoms with Crippen LogP contribution >= 0.6 is 0 Å². The number of urea groups is 1. The minimum Gasteiger partial charge on any atom is -0.535 e. The average Bonchev–Trinajstić information content (AvgIpc) is 2.89. The number of amides is 4. The van der Waals surface area contributed by atoms with Crippen LogP contribution in [0.15, 0.2) is 36.7 Å². The molecule has 3 N–H and O–H groups in total. The summed E-state index contributed by atoms with van der Waals surface area (Å²) in [4.78, 5) is 72.6. The zero-order chi connectivity index (χ0) is 26.7. The standard InChI is InChI=1S/C23H24BN5O8/c1-2-28-9-10-29(21(32)20(28)31)23(35)27-17(19-25-7-4-8-26-19)16(30)12-14-11-13-5-3-6-15(22(33)34)18(13)37-24(14)36/h3-8,14,17,36H,2,9-12H2,1H3,(H,27,35)(H,33,34)/t14-,17?/m1/s1. The van der Waals surface area contributed by atoms with Gasteiger partial charge in [0.2, 0.25) is 0 Å². The third kappa shape index (κ3) is 5.28. The van der Waals surface area contributed by atoms with Crippen LogP contribution in [0.3, 0.4) is 0 Å². The number of ketones is 1. The SMILES string of the molecule is CCN1CCN(C(=O)NC(C(=O)C[C@H]2Cc3cccc(C(=O)O)c3OB2O)c2ncccn2)C(=O)C1=O. The van der Waals surface area contributed by atoms with E-state index in [0.717, 1.165) is 4.90 Å². The van der Waals surface area contributed by atoms with Gasteiger partial charge in [0.25, 0.3) is 0 Å². The molecule has 1 aromatic carbocycles. The Bertz CT molecular complexity index is 1240. The summed E-state index contributed by atoms with van der Waals surface area (Å²) in [5, 5.41) is 22.4. The maximum absolute atomic E-state index is 13.4. The maximum atomic E-state index is 13.4. The van der Waals surface area contributed by atoms with Crippen LogP contribution in [0, 0.1) is 0 Å². The first-order chi connectivity index (χ1) is 17.7. The van der Waals surface area contributed by atoms with Gasteiger partial charge in [-0.2, -0.15) is 0 Å². The second-order valence-corrected chi connectivity index (χ2v) is 8.57. The molecule has 0 radical (unpaired) electrons. The van der Waals surface area contributed by atoms with E-state index < -0.39 is 48.6 Å². The van der Waals surface area contributed by atoms with Gasteiger partial charge >= 0.3 is 30.9 Å². The Hall–Kier alpha value is -4.33. The van der Waals surface area contributed by atoms with Crippen LogP contribution in [-0.4, -0.2) is 86.2 Å². The van der Waals surface area contributed by atoms with E-state index in [1.807, 2.05) is 0 Å². The summed E-state index contributed by atoms with van der Waals surface area (Å²) in [5.74, 6) is -4.37. The lowest BCUT2D eigenvalue weighted by molar-refractivity contribution is -0.153. The molecular formula is C23H24BN5O8. The number of piperazine rings is 1. The summed E-state index contributed by atoms with van der Waals surface area (Å²) in [6.07, 6.45) is 2.63. The highest BCUT2D eigenvalue weighted by Crippen LogP contribution is 2.37. The number of carboxylic acid groups (broad SMARTS) is 1. The number of carboxylic acids is 1. The average molecular weight is 509 g/mol. The van der Waals surface area contributed by atoms with Crippen LogP contribution in [0.5, 0.6) is 5.75 Å². The Kier molecular flexibility index (Phi) is 7.48. The van der Waals surface area contributed by atoms with Crippen LogP contribution in [0.4, 0.5) is 4.79 Å². The Morgan fingerprint density at radius 1 is 1.16 bits per heavy atom. The quantitative estimate of drug-likeness (QED) is 0.341. The lowest BCUT2D eigenvalue weighted by atomic mass is 9.64. The molecule has 4 rings (SSSR count). The van der Waals surface area contributed by atoms with Crippen molar-refractivity contribution in [1.29, 1.82) is 0 Å². The van der Waals surface area contributed by atoms with Gasteiger partial charge in [0.15, 0.2) is 11.6 Å². The van der Waals surface area contributed by atoms with E-state index in [-0.39, 0.29) is 43.1 Å². The molecule has 14 heteroatoms. The summed E-state index contributed by atoms with van der Waals surface area (Å²) >= 11 is 0. The number of nitrogens with zero attached hydrogens (tertiary/aromatic N) is 4. The van der Waals surface area contributed by atoms with Gasteiger partial charge in [-0.1, -0.05) is 12.1 Å². The van der Waals surface area contributed by atoms with Crippen molar-refractivity contribution in [3.05, 3.63) is 53.6 Å². The van der Waals surface area contributed by atoms with Crippen LogP contribution in [-0.2, 0) is 20.8 Å². The largest absolute Gasteiger partial charge is 0.535 e. The summed E-state index contributed by atoms with van der Waals surface area (Å²) < 4.78 is 5.45. The van der Waals surface area contributed by atoms with Crippen molar-refractivity contribution in [2.45, 2.75) is 31.6 Å². The smallest absolute Gasteiger partial charge is 0.526 e. The first-order valence-electron chi connectivity index (χ1n) is 11.6. The molecule has 13 nitrogen and oxygen atoms in total. The first kappa shape index (κ1) is 25.8. The van der Waals surface area contributed by atoms with E-state index in [4.69, 9.17) is 4.65 Å². The van der Waals surface area contributed by atoms with E-state index in [9.17, 15) is 34.1 Å². The molecule has 0 bridgehead atoms. The lowest BCUT2D eigenvalue weighted by Gasteiger charge is -2.32. The van der Waals surface area contributed by atoms with E-state index >= 15 is 0 Å². The van der Waals surface area contributed by atoms with Crippen molar-refractivity contribution in [2.24, 2.45) is 0 Å². The lowest BCUT2D eigenvalue weighted by Crippen LogP contribution is -2.58. The summed E-state index contributed by atoms with van der Waals surface area (Å²) in [7, 11) is -1.48. The zero-order valence-electron chi connectivity index (χ0n) is 19.9. The van der Waals surface area contributed by atoms with Gasteiger partial charge in [0.05, 0.1) is 5.56 Å². The van der Waals surface area contributed by atoms with Gasteiger partial charge in [-0.05, 0) is 31.0 Å². The molecule has 3 heterocycles. The number of para-hydroxylation sites is 1. The number of fused-ring (bicyclic) bond motifs is 1. The molecule has 0 spiro atoms. The fraction of sp³-hybridized carbons (Fsp3) is 0.348. The number of carbonyl (C=O) groups excluding carboxylic acids is 4. The van der Waals surface area contributed by atoms with E-state index in [1.165, 1.54) is 29.4 Å². The highest BCUT2D eigenvalue weighted by molar-refractivity contribution is 6.47. The predicted octanol–water partition coefficient (Wildman–Crippen LogP) is 0.0612. The molecular weight excluding hydrogens is 485 g/mol. The Morgan fingerprint density at radius 2 is 1.89 bits per heavy atom. The number of aromatic carboxylic acids is 1. The number of Topliss-reactive ketones (excluding diaryl/α,β-unsaturated/α-hetero) is 1. The van der Waals surface area contributed by atoms with Gasteiger partial charge in [-0.15, -0.1) is 0 Å². The third-order valence-corrected chi connectivity index (χ3v) is 6.28. The van der Waals surface area contributed by atoms with Gasteiger partial charge in [-0.3, -0.25) is 19.3 Å². The molecule has 2 aliphatic heterocycles. The molecule has 2 aliphatic rings. The fourth-order valence-corrected chi connectivity index (χ4v) is 4.32. The number of carbonyl (C=O) groups is 5. The Morgan fingerprint density at radius 3 is 2.57 bits per heavy atom. The number of aromatic nitrogens is 2. The maximum Gasteiger partial charge on any atom is 0.526 e. The molecule has 37 heavy (non-hydrogen) atoms. The van der Waals surface area contributed by atoms with Gasteiger partial charge < -0.3 is 25.0 Å². The predicted molar refractivity (Wildman–Crippen MR) is 126 cm³/mol.